The molecule has 0 saturated heterocycles. The second kappa shape index (κ2) is 16.6. The number of hydrogen-bond donors (Lipinski definition) is 0. The highest BCUT2D eigenvalue weighted by molar-refractivity contribution is 8.00. The second-order valence-electron chi connectivity index (χ2n) is 30.8. The van der Waals surface area contributed by atoms with Gasteiger partial charge in [-0.05, 0) is 165 Å². The van der Waals surface area contributed by atoms with E-state index in [9.17, 15) is 0 Å². The van der Waals surface area contributed by atoms with E-state index < -0.39 is 0 Å². The molecule has 0 spiro atoms. The lowest BCUT2D eigenvalue weighted by Crippen LogP contribution is -2.62. The van der Waals surface area contributed by atoms with Gasteiger partial charge in [-0.1, -0.05) is 201 Å². The highest BCUT2D eigenvalue weighted by Gasteiger charge is 2.63. The van der Waals surface area contributed by atoms with Gasteiger partial charge in [0.1, 0.15) is 0 Å². The Morgan fingerprint density at radius 3 is 1.72 bits per heavy atom. The van der Waals surface area contributed by atoms with Crippen molar-refractivity contribution in [3.05, 3.63) is 171 Å². The van der Waals surface area contributed by atoms with Crippen molar-refractivity contribution < 1.29 is 0 Å². The van der Waals surface area contributed by atoms with Crippen LogP contribution in [-0.4, -0.2) is 23.0 Å². The topological polar surface area (TPSA) is 9.72 Å². The van der Waals surface area contributed by atoms with Crippen LogP contribution in [0.5, 0.6) is 0 Å². The molecule has 2 saturated carbocycles. The van der Waals surface area contributed by atoms with E-state index >= 15 is 0 Å². The Labute approximate surface area is 479 Å². The van der Waals surface area contributed by atoms with E-state index in [0.717, 1.165) is 6.42 Å². The summed E-state index contributed by atoms with van der Waals surface area (Å²) in [5, 5.41) is 0.265. The third-order valence-corrected chi connectivity index (χ3v) is 23.4. The van der Waals surface area contributed by atoms with Crippen LogP contribution in [0, 0.1) is 0 Å². The average molecular weight is 1060 g/mol. The van der Waals surface area contributed by atoms with Crippen molar-refractivity contribution in [2.45, 2.75) is 222 Å². The fourth-order valence-electron chi connectivity index (χ4n) is 16.9. The van der Waals surface area contributed by atoms with Gasteiger partial charge in [0.25, 0.3) is 6.71 Å². The summed E-state index contributed by atoms with van der Waals surface area (Å²) in [4.78, 5) is 10.2. The van der Waals surface area contributed by atoms with Crippen LogP contribution in [0.1, 0.15) is 207 Å². The third kappa shape index (κ3) is 7.11. The van der Waals surface area contributed by atoms with Crippen LogP contribution in [0.4, 0.5) is 34.1 Å². The van der Waals surface area contributed by atoms with Crippen LogP contribution in [0.3, 0.4) is 0 Å². The molecule has 14 rings (SSSR count). The summed E-state index contributed by atoms with van der Waals surface area (Å²) in [6.45, 7) is 39.5. The van der Waals surface area contributed by atoms with Gasteiger partial charge in [0.05, 0.1) is 16.8 Å². The number of fused-ring (bicyclic) bond motifs is 13. The summed E-state index contributed by atoms with van der Waals surface area (Å²) in [7, 11) is 0. The van der Waals surface area contributed by atoms with E-state index in [1.165, 1.54) is 145 Å². The standard InChI is InChI=1S/C74H86BN3S/c1-67(2,3)46-26-29-58(51(36-46)45-24-18-17-19-25-45)76-60-44-64-53(52-37-47(68(4,5)6)28-31-63(52)79-64)43-56(60)75-57-40-49(70(10,11)12)39-55-66(57)78(74(16)35-23-21-33-72(55,74)14)62-42-50(41-61(76)65(62)75)77-59-30-27-48(69(7,8)9)38-54(59)71(13)32-20-22-34-73(71,77)15/h17-19,24-31,36-44,53,64H,20-23,32-35H2,1-16H3. The van der Waals surface area contributed by atoms with Crippen molar-refractivity contribution in [3.63, 3.8) is 0 Å². The lowest BCUT2D eigenvalue weighted by atomic mass is 9.31. The Kier molecular flexibility index (Phi) is 10.9. The minimum absolute atomic E-state index is 0.0104. The molecule has 0 aromatic heterocycles. The molecule has 5 aliphatic heterocycles. The van der Waals surface area contributed by atoms with Crippen molar-refractivity contribution in [3.8, 4) is 11.1 Å². The van der Waals surface area contributed by atoms with Crippen LogP contribution in [0.25, 0.3) is 11.1 Å². The molecule has 0 radical (unpaired) electrons. The van der Waals surface area contributed by atoms with Crippen LogP contribution in [-0.2, 0) is 32.5 Å². The zero-order chi connectivity index (χ0) is 55.5. The zero-order valence-corrected chi connectivity index (χ0v) is 51.5. The molecule has 2 fully saturated rings. The van der Waals surface area contributed by atoms with Crippen molar-refractivity contribution >= 4 is 63.5 Å². The molecule has 8 aliphatic rings. The van der Waals surface area contributed by atoms with Crippen LogP contribution in [0.15, 0.2) is 137 Å². The van der Waals surface area contributed by atoms with Crippen molar-refractivity contribution in [2.75, 3.05) is 14.7 Å². The molecule has 5 heterocycles. The number of nitrogens with zero attached hydrogens (tertiary/aromatic N) is 3. The maximum absolute atomic E-state index is 3.00. The fraction of sp³-hybridized carbons (Fsp3) is 0.459. The number of anilines is 6. The molecular formula is C74H86BN3S. The quantitative estimate of drug-likeness (QED) is 0.163. The number of benzene rings is 6. The van der Waals surface area contributed by atoms with Crippen molar-refractivity contribution in [2.24, 2.45) is 0 Å². The molecule has 0 N–H and O–H groups in total. The van der Waals surface area contributed by atoms with E-state index in [-0.39, 0.29) is 61.4 Å². The molecule has 406 valence electrons. The van der Waals surface area contributed by atoms with Gasteiger partial charge in [-0.3, -0.25) is 0 Å². The number of thioether (sulfide) groups is 1. The molecule has 6 aromatic carbocycles. The molecule has 3 nitrogen and oxygen atoms in total. The number of allylic oxidation sites excluding steroid dienone is 2. The van der Waals surface area contributed by atoms with Crippen molar-refractivity contribution in [1.29, 1.82) is 0 Å². The van der Waals surface area contributed by atoms with Gasteiger partial charge >= 0.3 is 0 Å². The minimum atomic E-state index is -0.123. The number of rotatable bonds is 3. The van der Waals surface area contributed by atoms with E-state index in [2.05, 4.69) is 259 Å². The normalized spacial score (nSPS) is 27.3. The van der Waals surface area contributed by atoms with Crippen LogP contribution < -0.4 is 25.6 Å². The second-order valence-corrected chi connectivity index (χ2v) is 32.0. The summed E-state index contributed by atoms with van der Waals surface area (Å²) in [5.74, 6) is 0.265. The first kappa shape index (κ1) is 51.7. The summed E-state index contributed by atoms with van der Waals surface area (Å²) in [6, 6.07) is 44.8. The summed E-state index contributed by atoms with van der Waals surface area (Å²) < 4.78 is 0. The first-order valence-electron chi connectivity index (χ1n) is 30.5. The van der Waals surface area contributed by atoms with Gasteiger partial charge < -0.3 is 14.7 Å². The third-order valence-electron chi connectivity index (χ3n) is 22.1. The predicted octanol–water partition coefficient (Wildman–Crippen LogP) is 18.7. The van der Waals surface area contributed by atoms with Gasteiger partial charge in [0.2, 0.25) is 0 Å². The van der Waals surface area contributed by atoms with Gasteiger partial charge in [0.15, 0.2) is 0 Å². The molecule has 6 aromatic rings. The summed E-state index contributed by atoms with van der Waals surface area (Å²) in [6.07, 6.45) is 15.3. The molecule has 79 heavy (non-hydrogen) atoms. The van der Waals surface area contributed by atoms with E-state index in [1.807, 2.05) is 0 Å². The maximum Gasteiger partial charge on any atom is 0.251 e. The molecule has 6 atom stereocenters. The zero-order valence-electron chi connectivity index (χ0n) is 50.7. The highest BCUT2D eigenvalue weighted by atomic mass is 32.2. The summed E-state index contributed by atoms with van der Waals surface area (Å²) >= 11 is 2.09. The van der Waals surface area contributed by atoms with E-state index in [0.29, 0.717) is 0 Å². The Morgan fingerprint density at radius 1 is 0.506 bits per heavy atom. The number of hydrogen-bond acceptors (Lipinski definition) is 4. The highest BCUT2D eigenvalue weighted by Crippen LogP contribution is 2.66. The first-order chi connectivity index (χ1) is 37.2. The first-order valence-corrected chi connectivity index (χ1v) is 31.4. The van der Waals surface area contributed by atoms with Gasteiger partial charge in [-0.25, -0.2) is 0 Å². The monoisotopic (exact) mass is 1060 g/mol. The molecule has 6 unspecified atom stereocenters. The largest absolute Gasteiger partial charge is 0.335 e. The Morgan fingerprint density at radius 2 is 1.06 bits per heavy atom. The van der Waals surface area contributed by atoms with Gasteiger partial charge in [0, 0.05) is 66.6 Å². The molecular weight excluding hydrogens is 974 g/mol. The summed E-state index contributed by atoms with van der Waals surface area (Å²) in [5.41, 5.74) is 26.8. The SMILES string of the molecule is CC(C)(C)c1ccc(N2C3=CC4Sc5ccc(C(C)(C)C)cc5C4C=C3B3c4cc(C(C)(C)C)cc5c4N(c4cc(N6c7ccc(C(C)(C)C)cc7C7(C)CCCCC67C)cc2c43)C2(C)CCCCC52C)c(-c2ccccc2)c1. The Balaban J connectivity index is 1.13. The Bertz CT molecular complexity index is 3650. The van der Waals surface area contributed by atoms with Crippen LogP contribution >= 0.6 is 11.8 Å². The Hall–Kier alpha value is -5.39. The lowest BCUT2D eigenvalue weighted by molar-refractivity contribution is 0.194. The fourth-order valence-corrected chi connectivity index (χ4v) is 18.2. The minimum Gasteiger partial charge on any atom is -0.335 e. The lowest BCUT2D eigenvalue weighted by Gasteiger charge is -2.54. The average Bonchev–Trinajstić information content (AvgIpc) is 1.88. The predicted molar refractivity (Wildman–Crippen MR) is 341 cm³/mol. The smallest absolute Gasteiger partial charge is 0.251 e. The molecule has 3 aliphatic carbocycles. The van der Waals surface area contributed by atoms with Gasteiger partial charge in [-0.15, -0.1) is 11.8 Å². The molecule has 0 amide bonds. The maximum atomic E-state index is 3.00. The molecule has 0 bridgehead atoms. The van der Waals surface area contributed by atoms with E-state index in [1.54, 1.807) is 11.1 Å². The van der Waals surface area contributed by atoms with Crippen molar-refractivity contribution in [1.82, 2.24) is 0 Å². The van der Waals surface area contributed by atoms with Gasteiger partial charge in [-0.2, -0.15) is 0 Å². The van der Waals surface area contributed by atoms with Crippen LogP contribution in [0.2, 0.25) is 0 Å². The molecule has 5 heteroatoms. The van der Waals surface area contributed by atoms with E-state index in [4.69, 9.17) is 0 Å².